The zero-order chi connectivity index (χ0) is 12.3. The molecule has 5 heteroatoms. The molecule has 0 fully saturated rings. The number of hydrogen-bond donors (Lipinski definition) is 1. The SMILES string of the molecule is CC(C)n1cncc1CNc1cccc(Cl)n1. The Labute approximate surface area is 106 Å². The van der Waals surface area contributed by atoms with Crippen LogP contribution in [0.4, 0.5) is 5.82 Å². The average Bonchev–Trinajstić information content (AvgIpc) is 2.74. The van der Waals surface area contributed by atoms with Gasteiger partial charge in [-0.1, -0.05) is 17.7 Å². The van der Waals surface area contributed by atoms with Crippen LogP contribution >= 0.6 is 11.6 Å². The van der Waals surface area contributed by atoms with Gasteiger partial charge in [0.1, 0.15) is 11.0 Å². The van der Waals surface area contributed by atoms with Gasteiger partial charge in [-0.15, -0.1) is 0 Å². The Morgan fingerprint density at radius 1 is 1.41 bits per heavy atom. The minimum Gasteiger partial charge on any atom is -0.364 e. The van der Waals surface area contributed by atoms with E-state index in [0.717, 1.165) is 11.5 Å². The lowest BCUT2D eigenvalue weighted by Gasteiger charge is -2.12. The fourth-order valence-corrected chi connectivity index (χ4v) is 1.79. The lowest BCUT2D eigenvalue weighted by molar-refractivity contribution is 0.577. The monoisotopic (exact) mass is 250 g/mol. The summed E-state index contributed by atoms with van der Waals surface area (Å²) in [5, 5.41) is 3.72. The lowest BCUT2D eigenvalue weighted by Crippen LogP contribution is -2.09. The summed E-state index contributed by atoms with van der Waals surface area (Å²) < 4.78 is 2.12. The van der Waals surface area contributed by atoms with Crippen LogP contribution in [-0.4, -0.2) is 14.5 Å². The summed E-state index contributed by atoms with van der Waals surface area (Å²) in [6.07, 6.45) is 3.70. The number of nitrogens with one attached hydrogen (secondary N) is 1. The molecule has 0 aromatic carbocycles. The molecule has 2 heterocycles. The van der Waals surface area contributed by atoms with Gasteiger partial charge in [0.15, 0.2) is 0 Å². The second kappa shape index (κ2) is 5.19. The van der Waals surface area contributed by atoms with Crippen molar-refractivity contribution in [1.29, 1.82) is 0 Å². The minimum atomic E-state index is 0.404. The summed E-state index contributed by atoms with van der Waals surface area (Å²) in [6.45, 7) is 4.94. The maximum Gasteiger partial charge on any atom is 0.131 e. The third-order valence-corrected chi connectivity index (χ3v) is 2.68. The molecule has 0 saturated carbocycles. The zero-order valence-electron chi connectivity index (χ0n) is 9.89. The van der Waals surface area contributed by atoms with Gasteiger partial charge in [-0.2, -0.15) is 0 Å². The Morgan fingerprint density at radius 2 is 2.24 bits per heavy atom. The minimum absolute atomic E-state index is 0.404. The highest BCUT2D eigenvalue weighted by atomic mass is 35.5. The highest BCUT2D eigenvalue weighted by molar-refractivity contribution is 6.29. The van der Waals surface area contributed by atoms with Gasteiger partial charge in [0.25, 0.3) is 0 Å². The molecule has 4 nitrogen and oxygen atoms in total. The van der Waals surface area contributed by atoms with Gasteiger partial charge in [-0.25, -0.2) is 9.97 Å². The van der Waals surface area contributed by atoms with Crippen LogP contribution < -0.4 is 5.32 Å². The van der Waals surface area contributed by atoms with Crippen molar-refractivity contribution < 1.29 is 0 Å². The Kier molecular flexibility index (Phi) is 3.64. The molecule has 0 saturated heterocycles. The number of nitrogens with zero attached hydrogens (tertiary/aromatic N) is 3. The fraction of sp³-hybridized carbons (Fsp3) is 0.333. The Balaban J connectivity index is 2.05. The summed E-state index contributed by atoms with van der Waals surface area (Å²) in [5.74, 6) is 0.772. The molecule has 0 radical (unpaired) electrons. The molecule has 0 spiro atoms. The summed E-state index contributed by atoms with van der Waals surface area (Å²) >= 11 is 5.82. The van der Waals surface area contributed by atoms with Crippen molar-refractivity contribution in [3.05, 3.63) is 41.6 Å². The van der Waals surface area contributed by atoms with Gasteiger partial charge in [-0.05, 0) is 26.0 Å². The van der Waals surface area contributed by atoms with Crippen molar-refractivity contribution in [3.8, 4) is 0 Å². The number of aromatic nitrogens is 3. The number of rotatable bonds is 4. The second-order valence-electron chi connectivity index (χ2n) is 4.09. The molecule has 0 aliphatic carbocycles. The molecule has 0 aliphatic heterocycles. The van der Waals surface area contributed by atoms with E-state index in [0.29, 0.717) is 17.7 Å². The van der Waals surface area contributed by atoms with Gasteiger partial charge >= 0.3 is 0 Å². The molecule has 0 unspecified atom stereocenters. The van der Waals surface area contributed by atoms with E-state index in [4.69, 9.17) is 11.6 Å². The van der Waals surface area contributed by atoms with Crippen LogP contribution in [-0.2, 0) is 6.54 Å². The zero-order valence-corrected chi connectivity index (χ0v) is 10.6. The first-order valence-electron chi connectivity index (χ1n) is 5.54. The normalized spacial score (nSPS) is 10.8. The third kappa shape index (κ3) is 2.97. The number of halogens is 1. The summed E-state index contributed by atoms with van der Waals surface area (Å²) in [6, 6.07) is 5.92. The molecular weight excluding hydrogens is 236 g/mol. The quantitative estimate of drug-likeness (QED) is 0.848. The average molecular weight is 251 g/mol. The van der Waals surface area contributed by atoms with Crippen molar-refractivity contribution in [2.75, 3.05) is 5.32 Å². The molecule has 0 bridgehead atoms. The first kappa shape index (κ1) is 11.9. The lowest BCUT2D eigenvalue weighted by atomic mass is 10.3. The van der Waals surface area contributed by atoms with E-state index in [1.165, 1.54) is 0 Å². The molecule has 17 heavy (non-hydrogen) atoms. The van der Waals surface area contributed by atoms with Gasteiger partial charge in [0.2, 0.25) is 0 Å². The van der Waals surface area contributed by atoms with E-state index < -0.39 is 0 Å². The maximum atomic E-state index is 5.82. The standard InChI is InChI=1S/C12H15ClN4/c1-9(2)17-8-14-6-10(17)7-15-12-5-3-4-11(13)16-12/h3-6,8-9H,7H2,1-2H3,(H,15,16). The first-order chi connectivity index (χ1) is 8.16. The third-order valence-electron chi connectivity index (χ3n) is 2.47. The Bertz CT molecular complexity index is 493. The second-order valence-corrected chi connectivity index (χ2v) is 4.47. The largest absolute Gasteiger partial charge is 0.364 e. The van der Waals surface area contributed by atoms with Crippen LogP contribution in [0.25, 0.3) is 0 Å². The smallest absolute Gasteiger partial charge is 0.131 e. The maximum absolute atomic E-state index is 5.82. The first-order valence-corrected chi connectivity index (χ1v) is 5.92. The summed E-state index contributed by atoms with van der Waals surface area (Å²) in [5.41, 5.74) is 1.13. The molecule has 2 aromatic heterocycles. The number of pyridine rings is 1. The molecule has 2 rings (SSSR count). The van der Waals surface area contributed by atoms with E-state index in [9.17, 15) is 0 Å². The Morgan fingerprint density at radius 3 is 2.94 bits per heavy atom. The van der Waals surface area contributed by atoms with E-state index in [-0.39, 0.29) is 0 Å². The number of hydrogen-bond acceptors (Lipinski definition) is 3. The van der Waals surface area contributed by atoms with Crippen molar-refractivity contribution in [2.45, 2.75) is 26.4 Å². The van der Waals surface area contributed by atoms with Gasteiger partial charge < -0.3 is 9.88 Å². The predicted octanol–water partition coefficient (Wildman–Crippen LogP) is 3.12. The topological polar surface area (TPSA) is 42.7 Å². The molecule has 90 valence electrons. The summed E-state index contributed by atoms with van der Waals surface area (Å²) in [4.78, 5) is 8.32. The molecular formula is C12H15ClN4. The van der Waals surface area contributed by atoms with Gasteiger partial charge in [0.05, 0.1) is 18.6 Å². The van der Waals surface area contributed by atoms with Crippen molar-refractivity contribution in [1.82, 2.24) is 14.5 Å². The van der Waals surface area contributed by atoms with E-state index >= 15 is 0 Å². The van der Waals surface area contributed by atoms with Crippen LogP contribution in [0.1, 0.15) is 25.6 Å². The van der Waals surface area contributed by atoms with Crippen LogP contribution in [0.5, 0.6) is 0 Å². The van der Waals surface area contributed by atoms with E-state index in [1.54, 1.807) is 6.07 Å². The summed E-state index contributed by atoms with van der Waals surface area (Å²) in [7, 11) is 0. The van der Waals surface area contributed by atoms with Crippen LogP contribution in [0.15, 0.2) is 30.7 Å². The van der Waals surface area contributed by atoms with E-state index in [1.807, 2.05) is 24.7 Å². The molecule has 2 aromatic rings. The van der Waals surface area contributed by atoms with Crippen molar-refractivity contribution >= 4 is 17.4 Å². The molecule has 0 atom stereocenters. The van der Waals surface area contributed by atoms with Crippen molar-refractivity contribution in [2.24, 2.45) is 0 Å². The van der Waals surface area contributed by atoms with Crippen LogP contribution in [0.2, 0.25) is 5.15 Å². The van der Waals surface area contributed by atoms with Gasteiger partial charge in [-0.3, -0.25) is 0 Å². The van der Waals surface area contributed by atoms with E-state index in [2.05, 4.69) is 33.7 Å². The van der Waals surface area contributed by atoms with Crippen LogP contribution in [0, 0.1) is 0 Å². The highest BCUT2D eigenvalue weighted by Crippen LogP contribution is 2.13. The fourth-order valence-electron chi connectivity index (χ4n) is 1.62. The predicted molar refractivity (Wildman–Crippen MR) is 69.2 cm³/mol. The Hall–Kier alpha value is -1.55. The highest BCUT2D eigenvalue weighted by Gasteiger charge is 2.05. The van der Waals surface area contributed by atoms with Gasteiger partial charge in [0, 0.05) is 12.2 Å². The molecule has 0 aliphatic rings. The number of anilines is 1. The molecule has 0 amide bonds. The number of imidazole rings is 1. The van der Waals surface area contributed by atoms with Crippen molar-refractivity contribution in [3.63, 3.8) is 0 Å². The van der Waals surface area contributed by atoms with Crippen LogP contribution in [0.3, 0.4) is 0 Å². The molecule has 1 N–H and O–H groups in total.